The molecule has 0 radical (unpaired) electrons. The zero-order valence-electron chi connectivity index (χ0n) is 13.4. The van der Waals surface area contributed by atoms with Crippen molar-refractivity contribution in [3.05, 3.63) is 73.4 Å². The van der Waals surface area contributed by atoms with Crippen molar-refractivity contribution in [1.82, 2.24) is 4.90 Å². The van der Waals surface area contributed by atoms with E-state index in [0.717, 1.165) is 17.0 Å². The molecule has 2 aromatic rings. The molecule has 7 nitrogen and oxygen atoms in total. The van der Waals surface area contributed by atoms with Gasteiger partial charge >= 0.3 is 5.69 Å². The Balaban J connectivity index is 1.89. The van der Waals surface area contributed by atoms with Crippen LogP contribution in [0.3, 0.4) is 0 Å². The van der Waals surface area contributed by atoms with Gasteiger partial charge in [-0.3, -0.25) is 24.6 Å². The van der Waals surface area contributed by atoms with Crippen molar-refractivity contribution in [3.63, 3.8) is 0 Å². The van der Waals surface area contributed by atoms with Gasteiger partial charge in [-0.2, -0.15) is 0 Å². The molecule has 1 heterocycles. The van der Waals surface area contributed by atoms with E-state index < -0.39 is 33.3 Å². The number of amides is 2. The average molecular weight is 409 g/mol. The van der Waals surface area contributed by atoms with E-state index in [1.807, 2.05) is 0 Å². The molecule has 0 aromatic heterocycles. The minimum Gasteiger partial charge on any atom is -0.502 e. The highest BCUT2D eigenvalue weighted by atomic mass is 35.5. The first-order valence-electron chi connectivity index (χ1n) is 7.43. The first-order chi connectivity index (χ1) is 12.8. The topological polar surface area (TPSA) is 101 Å². The highest BCUT2D eigenvalue weighted by Gasteiger charge is 2.36. The Bertz CT molecular complexity index is 991. The van der Waals surface area contributed by atoms with Crippen LogP contribution in [0, 0.1) is 15.9 Å². The Labute approximate surface area is 161 Å². The summed E-state index contributed by atoms with van der Waals surface area (Å²) in [5.41, 5.74) is -0.252. The molecule has 2 amide bonds. The number of nitrogens with zero attached hydrogens (tertiary/aromatic N) is 2. The number of hydrogen-bond acceptors (Lipinski definition) is 6. The zero-order chi connectivity index (χ0) is 19.7. The van der Waals surface area contributed by atoms with Gasteiger partial charge in [-0.15, -0.1) is 0 Å². The number of nitro benzene ring substituents is 1. The van der Waals surface area contributed by atoms with Crippen LogP contribution in [0.4, 0.5) is 14.9 Å². The van der Waals surface area contributed by atoms with Gasteiger partial charge in [0, 0.05) is 16.7 Å². The summed E-state index contributed by atoms with van der Waals surface area (Å²) in [4.78, 5) is 35.6. The first kappa shape index (κ1) is 18.9. The number of thioether (sulfide) groups is 1. The largest absolute Gasteiger partial charge is 0.502 e. The Morgan fingerprint density at radius 2 is 2.04 bits per heavy atom. The Morgan fingerprint density at radius 1 is 1.30 bits per heavy atom. The van der Waals surface area contributed by atoms with Crippen LogP contribution in [-0.4, -0.2) is 26.1 Å². The lowest BCUT2D eigenvalue weighted by Crippen LogP contribution is -2.28. The fourth-order valence-electron chi connectivity index (χ4n) is 2.41. The van der Waals surface area contributed by atoms with Gasteiger partial charge in [0.2, 0.25) is 0 Å². The lowest BCUT2D eigenvalue weighted by Gasteiger charge is -2.14. The summed E-state index contributed by atoms with van der Waals surface area (Å²) >= 11 is 6.56. The van der Waals surface area contributed by atoms with E-state index in [0.29, 0.717) is 11.8 Å². The molecule has 0 unspecified atom stereocenters. The zero-order valence-corrected chi connectivity index (χ0v) is 15.0. The summed E-state index contributed by atoms with van der Waals surface area (Å²) in [6, 6.07) is 7.59. The predicted octanol–water partition coefficient (Wildman–Crippen LogP) is 4.33. The number of imide groups is 1. The lowest BCUT2D eigenvalue weighted by molar-refractivity contribution is -0.385. The van der Waals surface area contributed by atoms with Gasteiger partial charge in [0.15, 0.2) is 5.75 Å². The molecule has 0 bridgehead atoms. The van der Waals surface area contributed by atoms with Gasteiger partial charge in [-0.1, -0.05) is 23.7 Å². The fraction of sp³-hybridized carbons (Fsp3) is 0.0588. The first-order valence-corrected chi connectivity index (χ1v) is 8.63. The molecule has 0 aliphatic carbocycles. The molecule has 3 rings (SSSR count). The third-order valence-electron chi connectivity index (χ3n) is 3.75. The molecule has 138 valence electrons. The molecule has 1 saturated heterocycles. The van der Waals surface area contributed by atoms with Gasteiger partial charge in [0.25, 0.3) is 11.1 Å². The second-order valence-corrected chi connectivity index (χ2v) is 6.87. The Morgan fingerprint density at radius 3 is 2.70 bits per heavy atom. The molecule has 2 aromatic carbocycles. The smallest absolute Gasteiger partial charge is 0.311 e. The van der Waals surface area contributed by atoms with Crippen molar-refractivity contribution in [3.8, 4) is 5.75 Å². The second-order valence-electron chi connectivity index (χ2n) is 5.47. The van der Waals surface area contributed by atoms with Crippen molar-refractivity contribution in [2.75, 3.05) is 0 Å². The average Bonchev–Trinajstić information content (AvgIpc) is 2.86. The number of hydrogen-bond donors (Lipinski definition) is 1. The van der Waals surface area contributed by atoms with Crippen LogP contribution in [-0.2, 0) is 11.3 Å². The molecule has 0 saturated carbocycles. The minimum absolute atomic E-state index is 0.0167. The number of carbonyl (C=O) groups is 2. The van der Waals surface area contributed by atoms with E-state index in [4.69, 9.17) is 11.6 Å². The van der Waals surface area contributed by atoms with Crippen molar-refractivity contribution in [1.29, 1.82) is 0 Å². The van der Waals surface area contributed by atoms with Crippen LogP contribution in [0.15, 0.2) is 41.3 Å². The molecule has 1 N–H and O–H groups in total. The second kappa shape index (κ2) is 7.37. The molecular formula is C17H10ClFN2O5S. The van der Waals surface area contributed by atoms with Gasteiger partial charge in [-0.05, 0) is 41.6 Å². The monoisotopic (exact) mass is 408 g/mol. The van der Waals surface area contributed by atoms with E-state index >= 15 is 0 Å². The van der Waals surface area contributed by atoms with Gasteiger partial charge < -0.3 is 5.11 Å². The van der Waals surface area contributed by atoms with Crippen LogP contribution in [0.1, 0.15) is 11.1 Å². The van der Waals surface area contributed by atoms with Crippen molar-refractivity contribution >= 4 is 46.3 Å². The number of rotatable bonds is 4. The third-order valence-corrected chi connectivity index (χ3v) is 5.01. The van der Waals surface area contributed by atoms with Crippen LogP contribution in [0.5, 0.6) is 5.75 Å². The summed E-state index contributed by atoms with van der Waals surface area (Å²) in [5, 5.41) is 19.8. The third kappa shape index (κ3) is 3.79. The quantitative estimate of drug-likeness (QED) is 0.459. The molecular weight excluding hydrogens is 399 g/mol. The van der Waals surface area contributed by atoms with E-state index in [2.05, 4.69) is 0 Å². The number of aromatic hydroxyl groups is 1. The number of phenolic OH excluding ortho intramolecular Hbond substituents is 1. The molecule has 1 aliphatic rings. The normalized spacial score (nSPS) is 15.6. The predicted molar refractivity (Wildman–Crippen MR) is 97.7 cm³/mol. The minimum atomic E-state index is -0.765. The van der Waals surface area contributed by atoms with E-state index in [9.17, 15) is 29.2 Å². The highest BCUT2D eigenvalue weighted by Crippen LogP contribution is 2.35. The number of halogens is 2. The maximum Gasteiger partial charge on any atom is 0.311 e. The van der Waals surface area contributed by atoms with Gasteiger partial charge in [-0.25, -0.2) is 4.39 Å². The highest BCUT2D eigenvalue weighted by molar-refractivity contribution is 8.18. The fourth-order valence-corrected chi connectivity index (χ4v) is 3.47. The Hall–Kier alpha value is -2.91. The van der Waals surface area contributed by atoms with Crippen molar-refractivity contribution in [2.24, 2.45) is 0 Å². The summed E-state index contributed by atoms with van der Waals surface area (Å²) in [5.74, 6) is -1.82. The van der Waals surface area contributed by atoms with Crippen LogP contribution in [0.2, 0.25) is 5.02 Å². The Kier molecular flexibility index (Phi) is 5.15. The van der Waals surface area contributed by atoms with E-state index in [-0.39, 0.29) is 27.6 Å². The standard InChI is InChI=1S/C17H10ClFN2O5S/c18-11-2-1-3-12(19)10(11)8-20-16(23)15(27-17(20)24)7-9-4-5-14(22)13(6-9)21(25)26/h1-7,22H,8H2/b15-7-. The maximum atomic E-state index is 13.9. The van der Waals surface area contributed by atoms with E-state index in [1.165, 1.54) is 30.3 Å². The number of phenols is 1. The van der Waals surface area contributed by atoms with Gasteiger partial charge in [0.05, 0.1) is 16.4 Å². The molecule has 27 heavy (non-hydrogen) atoms. The van der Waals surface area contributed by atoms with Crippen LogP contribution in [0.25, 0.3) is 6.08 Å². The lowest BCUT2D eigenvalue weighted by atomic mass is 10.1. The SMILES string of the molecule is O=C1S/C(=C\c2ccc(O)c([N+](=O)[O-])c2)C(=O)N1Cc1c(F)cccc1Cl. The van der Waals surface area contributed by atoms with Crippen molar-refractivity contribution < 1.29 is 24.0 Å². The summed E-state index contributed by atoms with van der Waals surface area (Å²) in [6.07, 6.45) is 1.29. The number of benzene rings is 2. The van der Waals surface area contributed by atoms with Gasteiger partial charge in [0.1, 0.15) is 5.82 Å². The van der Waals surface area contributed by atoms with Crippen LogP contribution >= 0.6 is 23.4 Å². The number of nitro groups is 1. The van der Waals surface area contributed by atoms with Crippen molar-refractivity contribution in [2.45, 2.75) is 6.54 Å². The molecule has 0 spiro atoms. The maximum absolute atomic E-state index is 13.9. The number of carbonyl (C=O) groups excluding carboxylic acids is 2. The van der Waals surface area contributed by atoms with E-state index in [1.54, 1.807) is 0 Å². The molecule has 0 atom stereocenters. The molecule has 10 heteroatoms. The molecule has 1 fully saturated rings. The summed E-state index contributed by atoms with van der Waals surface area (Å²) < 4.78 is 13.9. The van der Waals surface area contributed by atoms with Crippen LogP contribution < -0.4 is 0 Å². The summed E-state index contributed by atoms with van der Waals surface area (Å²) in [7, 11) is 0. The molecule has 1 aliphatic heterocycles. The summed E-state index contributed by atoms with van der Waals surface area (Å²) in [6.45, 7) is -0.330.